The van der Waals surface area contributed by atoms with E-state index in [1.165, 1.54) is 32.5 Å². The van der Waals surface area contributed by atoms with Gasteiger partial charge in [-0.2, -0.15) is 0 Å². The molecule has 2 atom stereocenters. The summed E-state index contributed by atoms with van der Waals surface area (Å²) < 4.78 is 0. The Morgan fingerprint density at radius 2 is 1.64 bits per heavy atom. The van der Waals surface area contributed by atoms with Crippen LogP contribution < -0.4 is 5.73 Å². The molecule has 0 aromatic carbocycles. The van der Waals surface area contributed by atoms with E-state index in [-0.39, 0.29) is 0 Å². The second-order valence-corrected chi connectivity index (χ2v) is 4.65. The van der Waals surface area contributed by atoms with E-state index in [2.05, 4.69) is 4.90 Å². The fourth-order valence-electron chi connectivity index (χ4n) is 3.45. The summed E-state index contributed by atoms with van der Waals surface area (Å²) >= 11 is 0. The lowest BCUT2D eigenvalue weighted by Crippen LogP contribution is -2.62. The first-order valence-corrected chi connectivity index (χ1v) is 4.81. The number of rotatable bonds is 0. The SMILES string of the molecule is N[C@H]1[C@@H]2C[C@@H]3C[C@@H]1C[N@@](C2)C3. The normalized spacial score (nSPS) is 60.3. The summed E-state index contributed by atoms with van der Waals surface area (Å²) in [5.41, 5.74) is 6.14. The molecule has 4 aliphatic rings. The Bertz CT molecular complexity index is 150. The fraction of sp³-hybridized carbons (Fsp3) is 1.00. The average Bonchev–Trinajstić information content (AvgIpc) is 1.98. The van der Waals surface area contributed by atoms with E-state index in [1.54, 1.807) is 0 Å². The Balaban J connectivity index is 1.91. The number of hydrogen-bond acceptors (Lipinski definition) is 2. The van der Waals surface area contributed by atoms with Crippen LogP contribution in [0.3, 0.4) is 0 Å². The lowest BCUT2D eigenvalue weighted by atomic mass is 9.65. The minimum absolute atomic E-state index is 0.544. The third kappa shape index (κ3) is 0.798. The molecule has 2 nitrogen and oxygen atoms in total. The van der Waals surface area contributed by atoms with Crippen molar-refractivity contribution in [1.82, 2.24) is 4.90 Å². The first-order valence-electron chi connectivity index (χ1n) is 4.81. The monoisotopic (exact) mass is 152 g/mol. The quantitative estimate of drug-likeness (QED) is 0.540. The second-order valence-electron chi connectivity index (χ2n) is 4.65. The van der Waals surface area contributed by atoms with E-state index in [0.29, 0.717) is 6.04 Å². The van der Waals surface area contributed by atoms with Gasteiger partial charge in [0.25, 0.3) is 0 Å². The van der Waals surface area contributed by atoms with Crippen LogP contribution in [0.25, 0.3) is 0 Å². The minimum Gasteiger partial charge on any atom is -0.327 e. The molecule has 11 heavy (non-hydrogen) atoms. The summed E-state index contributed by atoms with van der Waals surface area (Å²) in [6.45, 7) is 3.97. The molecule has 4 rings (SSSR count). The maximum Gasteiger partial charge on any atom is 0.0120 e. The van der Waals surface area contributed by atoms with Crippen molar-refractivity contribution in [2.24, 2.45) is 23.5 Å². The predicted octanol–water partition coefficient (Wildman–Crippen LogP) is 0.285. The van der Waals surface area contributed by atoms with Crippen molar-refractivity contribution >= 4 is 0 Å². The van der Waals surface area contributed by atoms with Crippen LogP contribution in [0, 0.1) is 17.8 Å². The van der Waals surface area contributed by atoms with Crippen LogP contribution in [0.4, 0.5) is 0 Å². The van der Waals surface area contributed by atoms with Gasteiger partial charge in [-0.25, -0.2) is 0 Å². The van der Waals surface area contributed by atoms with Gasteiger partial charge in [-0.3, -0.25) is 0 Å². The van der Waals surface area contributed by atoms with Crippen molar-refractivity contribution < 1.29 is 0 Å². The van der Waals surface area contributed by atoms with Gasteiger partial charge in [0.15, 0.2) is 0 Å². The lowest BCUT2D eigenvalue weighted by Gasteiger charge is -2.54. The van der Waals surface area contributed by atoms with Gasteiger partial charge in [-0.05, 0) is 30.6 Å². The Morgan fingerprint density at radius 1 is 1.00 bits per heavy atom. The number of nitrogens with zero attached hydrogens (tertiary/aromatic N) is 1. The van der Waals surface area contributed by atoms with Crippen molar-refractivity contribution in [3.05, 3.63) is 0 Å². The Morgan fingerprint density at radius 3 is 2.18 bits per heavy atom. The van der Waals surface area contributed by atoms with E-state index in [9.17, 15) is 0 Å². The molecule has 0 amide bonds. The van der Waals surface area contributed by atoms with Gasteiger partial charge in [-0.1, -0.05) is 0 Å². The third-order valence-corrected chi connectivity index (χ3v) is 3.86. The highest BCUT2D eigenvalue weighted by Gasteiger charge is 2.45. The van der Waals surface area contributed by atoms with E-state index >= 15 is 0 Å². The molecule has 0 unspecified atom stereocenters. The zero-order chi connectivity index (χ0) is 7.42. The van der Waals surface area contributed by atoms with Crippen molar-refractivity contribution in [2.45, 2.75) is 18.9 Å². The fourth-order valence-corrected chi connectivity index (χ4v) is 3.45. The Kier molecular flexibility index (Phi) is 1.16. The van der Waals surface area contributed by atoms with E-state index < -0.39 is 0 Å². The summed E-state index contributed by atoms with van der Waals surface area (Å²) in [5.74, 6) is 2.70. The highest BCUT2D eigenvalue weighted by molar-refractivity contribution is 5.00. The zero-order valence-corrected chi connectivity index (χ0v) is 6.87. The molecule has 3 heterocycles. The van der Waals surface area contributed by atoms with Gasteiger partial charge in [0.05, 0.1) is 0 Å². The average molecular weight is 152 g/mol. The maximum absolute atomic E-state index is 6.14. The summed E-state index contributed by atoms with van der Waals surface area (Å²) in [6, 6.07) is 0.544. The highest BCUT2D eigenvalue weighted by Crippen LogP contribution is 2.42. The highest BCUT2D eigenvalue weighted by atomic mass is 15.2. The molecule has 0 spiro atoms. The molecule has 0 aromatic rings. The molecule has 0 radical (unpaired) electrons. The van der Waals surface area contributed by atoms with Gasteiger partial charge in [0.2, 0.25) is 0 Å². The number of nitrogens with two attached hydrogens (primary N) is 1. The largest absolute Gasteiger partial charge is 0.327 e. The Labute approximate surface area is 67.7 Å². The van der Waals surface area contributed by atoms with Crippen LogP contribution in [0.1, 0.15) is 12.8 Å². The van der Waals surface area contributed by atoms with E-state index in [1.807, 2.05) is 0 Å². The maximum atomic E-state index is 6.14. The molecule has 62 valence electrons. The molecule has 3 aliphatic heterocycles. The lowest BCUT2D eigenvalue weighted by molar-refractivity contribution is -0.0328. The zero-order valence-electron chi connectivity index (χ0n) is 6.87. The molecule has 3 saturated heterocycles. The predicted molar refractivity (Wildman–Crippen MR) is 44.1 cm³/mol. The van der Waals surface area contributed by atoms with Crippen LogP contribution >= 0.6 is 0 Å². The number of hydrogen-bond donors (Lipinski definition) is 1. The van der Waals surface area contributed by atoms with Crippen LogP contribution in [0.15, 0.2) is 0 Å². The summed E-state index contributed by atoms with van der Waals surface area (Å²) in [5, 5.41) is 0. The van der Waals surface area contributed by atoms with Crippen molar-refractivity contribution in [3.63, 3.8) is 0 Å². The molecule has 4 fully saturated rings. The van der Waals surface area contributed by atoms with Crippen LogP contribution in [0.2, 0.25) is 0 Å². The topological polar surface area (TPSA) is 29.3 Å². The van der Waals surface area contributed by atoms with Crippen LogP contribution in [-0.4, -0.2) is 30.6 Å². The molecule has 2 heteroatoms. The summed E-state index contributed by atoms with van der Waals surface area (Å²) in [4.78, 5) is 2.62. The molecular weight excluding hydrogens is 136 g/mol. The molecule has 2 N–H and O–H groups in total. The first kappa shape index (κ1) is 6.44. The van der Waals surface area contributed by atoms with Gasteiger partial charge in [0.1, 0.15) is 0 Å². The standard InChI is InChI=1S/C9H16N2/c10-9-7-1-6-2-8(9)5-11(3-6)4-7/h6-9H,1-5,10H2/t6-,7-,8-,9+/m1/s1. The smallest absolute Gasteiger partial charge is 0.0120 e. The molecule has 1 saturated carbocycles. The van der Waals surface area contributed by atoms with Gasteiger partial charge >= 0.3 is 0 Å². The van der Waals surface area contributed by atoms with Crippen LogP contribution in [-0.2, 0) is 0 Å². The molecule has 1 aliphatic carbocycles. The van der Waals surface area contributed by atoms with E-state index in [4.69, 9.17) is 5.73 Å². The van der Waals surface area contributed by atoms with Crippen molar-refractivity contribution in [1.29, 1.82) is 0 Å². The molecule has 0 aromatic heterocycles. The van der Waals surface area contributed by atoms with Crippen LogP contribution in [0.5, 0.6) is 0 Å². The van der Waals surface area contributed by atoms with Gasteiger partial charge in [0, 0.05) is 25.7 Å². The van der Waals surface area contributed by atoms with Gasteiger partial charge in [-0.15, -0.1) is 0 Å². The summed E-state index contributed by atoms with van der Waals surface area (Å²) in [7, 11) is 0. The second kappa shape index (κ2) is 1.99. The Hall–Kier alpha value is -0.0800. The van der Waals surface area contributed by atoms with E-state index in [0.717, 1.165) is 17.8 Å². The third-order valence-electron chi connectivity index (χ3n) is 3.86. The molecule has 4 bridgehead atoms. The van der Waals surface area contributed by atoms with Crippen molar-refractivity contribution in [3.8, 4) is 0 Å². The first-order chi connectivity index (χ1) is 5.33. The number of piperidine rings is 3. The summed E-state index contributed by atoms with van der Waals surface area (Å²) in [6.07, 6.45) is 2.85. The minimum atomic E-state index is 0.544. The molecular formula is C9H16N2. The van der Waals surface area contributed by atoms with Gasteiger partial charge < -0.3 is 10.6 Å². The van der Waals surface area contributed by atoms with Crippen molar-refractivity contribution in [2.75, 3.05) is 19.6 Å².